The Bertz CT molecular complexity index is 274. The van der Waals surface area contributed by atoms with Gasteiger partial charge in [0.1, 0.15) is 9.84 Å². The lowest BCUT2D eigenvalue weighted by molar-refractivity contribution is -0.112. The number of hydrogen-bond donors (Lipinski definition) is 1. The van der Waals surface area contributed by atoms with Crippen LogP contribution in [-0.4, -0.2) is 26.0 Å². The van der Waals surface area contributed by atoms with E-state index in [2.05, 4.69) is 0 Å². The average molecular weight is 175 g/mol. The van der Waals surface area contributed by atoms with Gasteiger partial charge in [-0.2, -0.15) is 0 Å². The van der Waals surface area contributed by atoms with E-state index in [0.717, 1.165) is 19.3 Å². The van der Waals surface area contributed by atoms with Gasteiger partial charge in [-0.1, -0.05) is 0 Å². The van der Waals surface area contributed by atoms with Crippen LogP contribution < -0.4 is 5.73 Å². The van der Waals surface area contributed by atoms with Crippen LogP contribution in [0.25, 0.3) is 0 Å². The van der Waals surface area contributed by atoms with Crippen molar-refractivity contribution in [3.8, 4) is 0 Å². The van der Waals surface area contributed by atoms with Crippen molar-refractivity contribution in [1.29, 1.82) is 0 Å². The monoisotopic (exact) mass is 175 g/mol. The highest BCUT2D eigenvalue weighted by molar-refractivity contribution is 7.90. The van der Waals surface area contributed by atoms with Gasteiger partial charge in [0.05, 0.1) is 5.75 Å². The van der Waals surface area contributed by atoms with Gasteiger partial charge in [-0.05, 0) is 24.7 Å². The van der Waals surface area contributed by atoms with Gasteiger partial charge in [-0.3, -0.25) is 0 Å². The Kier molecular flexibility index (Phi) is 1.13. The zero-order valence-electron chi connectivity index (χ0n) is 6.63. The summed E-state index contributed by atoms with van der Waals surface area (Å²) in [5.74, 6) is 0.346. The molecule has 0 aromatic carbocycles. The predicted octanol–water partition coefficient (Wildman–Crippen LogP) is -0.0876. The maximum absolute atomic E-state index is 10.9. The van der Waals surface area contributed by atoms with E-state index in [1.54, 1.807) is 0 Å². The predicted molar refractivity (Wildman–Crippen MR) is 42.9 cm³/mol. The summed E-state index contributed by atoms with van der Waals surface area (Å²) in [4.78, 5) is 0. The van der Waals surface area contributed by atoms with Gasteiger partial charge in [0.15, 0.2) is 0 Å². The molecular formula is C7H13NO2S. The first kappa shape index (κ1) is 7.55. The first-order valence-electron chi connectivity index (χ1n) is 3.79. The number of rotatable bonds is 2. The molecule has 0 aliphatic heterocycles. The molecule has 64 valence electrons. The summed E-state index contributed by atoms with van der Waals surface area (Å²) in [6, 6.07) is 0. The number of nitrogens with two attached hydrogens (primary N) is 1. The molecule has 0 aromatic heterocycles. The van der Waals surface area contributed by atoms with E-state index in [1.165, 1.54) is 6.26 Å². The second-order valence-corrected chi connectivity index (χ2v) is 6.60. The van der Waals surface area contributed by atoms with Crippen LogP contribution >= 0.6 is 0 Å². The lowest BCUT2D eigenvalue weighted by Crippen LogP contribution is -2.73. The molecule has 3 fully saturated rings. The van der Waals surface area contributed by atoms with Crippen molar-refractivity contribution in [2.75, 3.05) is 12.0 Å². The second-order valence-electron chi connectivity index (χ2n) is 4.46. The first-order valence-corrected chi connectivity index (χ1v) is 5.85. The highest BCUT2D eigenvalue weighted by Gasteiger charge is 2.66. The van der Waals surface area contributed by atoms with E-state index in [1.807, 2.05) is 0 Å². The molecule has 2 bridgehead atoms. The van der Waals surface area contributed by atoms with E-state index >= 15 is 0 Å². The quantitative estimate of drug-likeness (QED) is 0.638. The minimum atomic E-state index is -2.79. The Morgan fingerprint density at radius 3 is 2.09 bits per heavy atom. The topological polar surface area (TPSA) is 60.2 Å². The standard InChI is InChI=1S/C7H13NO2S/c1-11(9,10)5-6-2-7(8,3-6)4-6/h2-5,8H2,1H3. The largest absolute Gasteiger partial charge is 0.325 e. The molecule has 0 heterocycles. The van der Waals surface area contributed by atoms with Crippen LogP contribution in [0.4, 0.5) is 0 Å². The summed E-state index contributed by atoms with van der Waals surface area (Å²) < 4.78 is 21.9. The van der Waals surface area contributed by atoms with Crippen LogP contribution in [0.2, 0.25) is 0 Å². The fourth-order valence-corrected chi connectivity index (χ4v) is 4.21. The third kappa shape index (κ3) is 1.08. The third-order valence-corrected chi connectivity index (χ3v) is 3.89. The normalized spacial score (nSPS) is 47.8. The second kappa shape index (κ2) is 1.64. The highest BCUT2D eigenvalue weighted by Crippen LogP contribution is 2.66. The molecule has 3 rings (SSSR count). The molecule has 3 aliphatic rings. The smallest absolute Gasteiger partial charge is 0.148 e. The van der Waals surface area contributed by atoms with Crippen molar-refractivity contribution in [2.24, 2.45) is 11.1 Å². The van der Waals surface area contributed by atoms with Gasteiger partial charge in [0, 0.05) is 11.8 Å². The van der Waals surface area contributed by atoms with Crippen LogP contribution in [0.3, 0.4) is 0 Å². The molecule has 3 aliphatic carbocycles. The minimum Gasteiger partial charge on any atom is -0.325 e. The summed E-state index contributed by atoms with van der Waals surface area (Å²) in [5.41, 5.74) is 5.93. The van der Waals surface area contributed by atoms with E-state index < -0.39 is 9.84 Å². The minimum absolute atomic E-state index is 0.0324. The average Bonchev–Trinajstić information content (AvgIpc) is 1.53. The Morgan fingerprint density at radius 2 is 1.82 bits per heavy atom. The molecule has 0 amide bonds. The summed E-state index contributed by atoms with van der Waals surface area (Å²) in [6.45, 7) is 0. The summed E-state index contributed by atoms with van der Waals surface area (Å²) in [7, 11) is -2.79. The molecule has 0 unspecified atom stereocenters. The Labute approximate surface area is 66.9 Å². The highest BCUT2D eigenvalue weighted by atomic mass is 32.2. The Morgan fingerprint density at radius 1 is 1.36 bits per heavy atom. The van der Waals surface area contributed by atoms with Crippen LogP contribution in [0.5, 0.6) is 0 Å². The molecular weight excluding hydrogens is 162 g/mol. The summed E-state index contributed by atoms with van der Waals surface area (Å²) in [5, 5.41) is 0. The van der Waals surface area contributed by atoms with Crippen LogP contribution in [0, 0.1) is 5.41 Å². The zero-order chi connectivity index (χ0) is 8.33. The molecule has 3 saturated carbocycles. The maximum Gasteiger partial charge on any atom is 0.148 e. The molecule has 0 atom stereocenters. The molecule has 2 N–H and O–H groups in total. The van der Waals surface area contributed by atoms with Gasteiger partial charge < -0.3 is 5.73 Å². The lowest BCUT2D eigenvalue weighted by atomic mass is 9.41. The first-order chi connectivity index (χ1) is 4.83. The molecule has 3 nitrogen and oxygen atoms in total. The Balaban J connectivity index is 2.02. The number of sulfone groups is 1. The fraction of sp³-hybridized carbons (Fsp3) is 1.00. The maximum atomic E-state index is 10.9. The van der Waals surface area contributed by atoms with Crippen molar-refractivity contribution in [2.45, 2.75) is 24.8 Å². The summed E-state index contributed by atoms with van der Waals surface area (Å²) in [6.07, 6.45) is 4.07. The number of hydrogen-bond acceptors (Lipinski definition) is 3. The Hall–Kier alpha value is -0.0900. The molecule has 4 heteroatoms. The lowest BCUT2D eigenvalue weighted by Gasteiger charge is -2.68. The van der Waals surface area contributed by atoms with Crippen LogP contribution in [0.15, 0.2) is 0 Å². The van der Waals surface area contributed by atoms with Crippen molar-refractivity contribution in [3.63, 3.8) is 0 Å². The van der Waals surface area contributed by atoms with Crippen molar-refractivity contribution < 1.29 is 8.42 Å². The third-order valence-electron chi connectivity index (χ3n) is 2.75. The van der Waals surface area contributed by atoms with Gasteiger partial charge in [0.25, 0.3) is 0 Å². The molecule has 0 spiro atoms. The summed E-state index contributed by atoms with van der Waals surface area (Å²) >= 11 is 0. The van der Waals surface area contributed by atoms with Gasteiger partial charge in [0.2, 0.25) is 0 Å². The van der Waals surface area contributed by atoms with Crippen molar-refractivity contribution in [3.05, 3.63) is 0 Å². The molecule has 11 heavy (non-hydrogen) atoms. The van der Waals surface area contributed by atoms with Crippen molar-refractivity contribution in [1.82, 2.24) is 0 Å². The van der Waals surface area contributed by atoms with E-state index in [9.17, 15) is 8.42 Å². The van der Waals surface area contributed by atoms with Gasteiger partial charge in [-0.15, -0.1) is 0 Å². The fourth-order valence-electron chi connectivity index (χ4n) is 2.79. The van der Waals surface area contributed by atoms with E-state index in [0.29, 0.717) is 5.75 Å². The molecule has 0 aromatic rings. The van der Waals surface area contributed by atoms with Crippen LogP contribution in [-0.2, 0) is 9.84 Å². The SMILES string of the molecule is CS(=O)(=O)CC12CC(N)(C1)C2. The van der Waals surface area contributed by atoms with Gasteiger partial charge in [-0.25, -0.2) is 8.42 Å². The molecule has 0 radical (unpaired) electrons. The van der Waals surface area contributed by atoms with Gasteiger partial charge >= 0.3 is 0 Å². The van der Waals surface area contributed by atoms with Crippen LogP contribution in [0.1, 0.15) is 19.3 Å². The van der Waals surface area contributed by atoms with E-state index in [4.69, 9.17) is 5.73 Å². The molecule has 0 saturated heterocycles. The van der Waals surface area contributed by atoms with Crippen molar-refractivity contribution >= 4 is 9.84 Å². The zero-order valence-corrected chi connectivity index (χ0v) is 7.45. The van der Waals surface area contributed by atoms with E-state index in [-0.39, 0.29) is 11.0 Å².